The molecule has 0 aliphatic carbocycles. The van der Waals surface area contributed by atoms with Gasteiger partial charge in [0.2, 0.25) is 0 Å². The Hall–Kier alpha value is -2.86. The van der Waals surface area contributed by atoms with Gasteiger partial charge in [0.25, 0.3) is 0 Å². The highest BCUT2D eigenvalue weighted by molar-refractivity contribution is 6.06. The van der Waals surface area contributed by atoms with Crippen molar-refractivity contribution in [3.63, 3.8) is 0 Å². The Kier molecular flexibility index (Phi) is 5.55. The first-order valence-electron chi connectivity index (χ1n) is 7.83. The van der Waals surface area contributed by atoms with Crippen molar-refractivity contribution in [3.05, 3.63) is 71.3 Å². The molecule has 0 saturated carbocycles. The molecule has 0 saturated heterocycles. The second-order valence-corrected chi connectivity index (χ2v) is 6.51. The summed E-state index contributed by atoms with van der Waals surface area (Å²) in [6.45, 7) is 6.40. The maximum Gasteiger partial charge on any atom is 0.185 e. The zero-order chi connectivity index (χ0) is 17.6. The van der Waals surface area contributed by atoms with Crippen LogP contribution in [0.2, 0.25) is 0 Å². The maximum atomic E-state index is 12.3. The van der Waals surface area contributed by atoms with Gasteiger partial charge in [0, 0.05) is 11.1 Å². The lowest BCUT2D eigenvalue weighted by molar-refractivity contribution is 0.104. The Morgan fingerprint density at radius 1 is 1.12 bits per heavy atom. The molecule has 0 heterocycles. The van der Waals surface area contributed by atoms with Gasteiger partial charge in [-0.25, -0.2) is 0 Å². The fourth-order valence-electron chi connectivity index (χ4n) is 2.26. The van der Waals surface area contributed by atoms with Crippen molar-refractivity contribution < 1.29 is 9.53 Å². The number of nitriles is 1. The van der Waals surface area contributed by atoms with Crippen molar-refractivity contribution in [2.24, 2.45) is 0 Å². The van der Waals surface area contributed by atoms with E-state index in [2.05, 4.69) is 20.8 Å². The fraction of sp³-hybridized carbons (Fsp3) is 0.238. The number of para-hydroxylation sites is 1. The van der Waals surface area contributed by atoms with Gasteiger partial charge in [-0.1, -0.05) is 63.2 Å². The molecule has 0 spiro atoms. The summed E-state index contributed by atoms with van der Waals surface area (Å²) in [4.78, 5) is 12.3. The van der Waals surface area contributed by atoms with Crippen molar-refractivity contribution in [2.45, 2.75) is 26.2 Å². The van der Waals surface area contributed by atoms with Crippen LogP contribution in [0.15, 0.2) is 54.6 Å². The number of nitrogens with zero attached hydrogens (tertiary/aromatic N) is 1. The lowest BCUT2D eigenvalue weighted by Crippen LogP contribution is -2.11. The molecular weight excluding hydrogens is 298 g/mol. The topological polar surface area (TPSA) is 50.1 Å². The van der Waals surface area contributed by atoms with E-state index < -0.39 is 0 Å². The molecule has 0 radical (unpaired) electrons. The minimum Gasteiger partial charge on any atom is -0.478 e. The summed E-state index contributed by atoms with van der Waals surface area (Å²) in [6.07, 6.45) is 3.24. The first-order chi connectivity index (χ1) is 11.4. The smallest absolute Gasteiger partial charge is 0.185 e. The fourth-order valence-corrected chi connectivity index (χ4v) is 2.26. The van der Waals surface area contributed by atoms with E-state index in [9.17, 15) is 4.79 Å². The Labute approximate surface area is 143 Å². The van der Waals surface area contributed by atoms with Crippen LogP contribution in [0.5, 0.6) is 5.75 Å². The van der Waals surface area contributed by atoms with E-state index in [4.69, 9.17) is 10.00 Å². The third-order valence-corrected chi connectivity index (χ3v) is 3.66. The average molecular weight is 319 g/mol. The molecule has 0 N–H and O–H groups in total. The minimum atomic E-state index is -0.0643. The Balaban J connectivity index is 2.15. The molecule has 0 bridgehead atoms. The van der Waals surface area contributed by atoms with E-state index in [0.717, 1.165) is 5.56 Å². The molecule has 0 aliphatic heterocycles. The van der Waals surface area contributed by atoms with Gasteiger partial charge in [0.05, 0.1) is 0 Å². The van der Waals surface area contributed by atoms with Gasteiger partial charge in [-0.05, 0) is 29.2 Å². The van der Waals surface area contributed by atoms with Crippen LogP contribution < -0.4 is 4.74 Å². The van der Waals surface area contributed by atoms with E-state index in [0.29, 0.717) is 11.3 Å². The second-order valence-electron chi connectivity index (χ2n) is 6.51. The molecule has 3 nitrogen and oxygen atoms in total. The largest absolute Gasteiger partial charge is 0.478 e. The predicted molar refractivity (Wildman–Crippen MR) is 96.1 cm³/mol. The number of hydrogen-bond acceptors (Lipinski definition) is 3. The molecule has 0 aliphatic rings. The minimum absolute atomic E-state index is 0.0208. The van der Waals surface area contributed by atoms with Crippen molar-refractivity contribution in [2.75, 3.05) is 6.61 Å². The zero-order valence-electron chi connectivity index (χ0n) is 14.2. The van der Waals surface area contributed by atoms with Crippen molar-refractivity contribution in [3.8, 4) is 11.8 Å². The summed E-state index contributed by atoms with van der Waals surface area (Å²) in [5, 5.41) is 8.62. The van der Waals surface area contributed by atoms with Gasteiger partial charge in [-0.3, -0.25) is 4.79 Å². The summed E-state index contributed by atoms with van der Waals surface area (Å²) in [5.41, 5.74) is 2.68. The molecule has 0 unspecified atom stereocenters. The first kappa shape index (κ1) is 17.5. The lowest BCUT2D eigenvalue weighted by atomic mass is 9.86. The molecule has 2 rings (SSSR count). The van der Waals surface area contributed by atoms with Gasteiger partial charge in [0.1, 0.15) is 11.8 Å². The van der Waals surface area contributed by atoms with E-state index in [1.807, 2.05) is 48.5 Å². The van der Waals surface area contributed by atoms with Crippen LogP contribution in [0.3, 0.4) is 0 Å². The van der Waals surface area contributed by atoms with Crippen LogP contribution in [-0.2, 0) is 5.41 Å². The van der Waals surface area contributed by atoms with Crippen LogP contribution in [0.4, 0.5) is 0 Å². The van der Waals surface area contributed by atoms with E-state index in [1.165, 1.54) is 11.6 Å². The van der Waals surface area contributed by atoms with Gasteiger partial charge < -0.3 is 4.74 Å². The molecule has 0 amide bonds. The van der Waals surface area contributed by atoms with Gasteiger partial charge in [0.15, 0.2) is 12.4 Å². The number of ether oxygens (including phenoxy) is 1. The van der Waals surface area contributed by atoms with Gasteiger partial charge in [-0.15, -0.1) is 0 Å². The highest BCUT2D eigenvalue weighted by Crippen LogP contribution is 2.23. The molecule has 2 aromatic carbocycles. The Morgan fingerprint density at radius 3 is 2.42 bits per heavy atom. The summed E-state index contributed by atoms with van der Waals surface area (Å²) in [7, 11) is 0. The second kappa shape index (κ2) is 7.61. The predicted octanol–water partition coefficient (Wildman–Crippen LogP) is 4.78. The molecular formula is C21H21NO2. The summed E-state index contributed by atoms with van der Waals surface area (Å²) in [5.74, 6) is 0.525. The Bertz CT molecular complexity index is 775. The first-order valence-corrected chi connectivity index (χ1v) is 7.83. The van der Waals surface area contributed by atoms with Crippen LogP contribution >= 0.6 is 0 Å². The van der Waals surface area contributed by atoms with Gasteiger partial charge in [-0.2, -0.15) is 5.26 Å². The van der Waals surface area contributed by atoms with E-state index in [-0.39, 0.29) is 17.8 Å². The molecule has 24 heavy (non-hydrogen) atoms. The van der Waals surface area contributed by atoms with E-state index in [1.54, 1.807) is 12.1 Å². The highest BCUT2D eigenvalue weighted by Gasteiger charge is 2.13. The van der Waals surface area contributed by atoms with Crippen LogP contribution in [-0.4, -0.2) is 12.4 Å². The summed E-state index contributed by atoms with van der Waals surface area (Å²) < 4.78 is 5.35. The molecule has 0 atom stereocenters. The van der Waals surface area contributed by atoms with E-state index >= 15 is 0 Å². The highest BCUT2D eigenvalue weighted by atomic mass is 16.5. The third-order valence-electron chi connectivity index (χ3n) is 3.66. The number of hydrogen-bond donors (Lipinski definition) is 0. The standard InChI is InChI=1S/C21H21NO2/c1-21(2,3)18-11-8-16(9-12-18)19(23)13-10-17-6-4-5-7-20(17)24-15-14-22/h4-13H,15H2,1-3H3/b13-10+. The number of rotatable bonds is 5. The molecule has 0 fully saturated rings. The zero-order valence-corrected chi connectivity index (χ0v) is 14.2. The number of benzene rings is 2. The normalized spacial score (nSPS) is 11.2. The van der Waals surface area contributed by atoms with Crippen molar-refractivity contribution in [1.29, 1.82) is 5.26 Å². The molecule has 122 valence electrons. The third kappa shape index (κ3) is 4.57. The Morgan fingerprint density at radius 2 is 1.79 bits per heavy atom. The summed E-state index contributed by atoms with van der Waals surface area (Å²) >= 11 is 0. The monoisotopic (exact) mass is 319 g/mol. The summed E-state index contributed by atoms with van der Waals surface area (Å²) in [6, 6.07) is 16.9. The number of carbonyl (C=O) groups excluding carboxylic acids is 1. The molecule has 2 aromatic rings. The molecule has 0 aromatic heterocycles. The van der Waals surface area contributed by atoms with Crippen molar-refractivity contribution in [1.82, 2.24) is 0 Å². The van der Waals surface area contributed by atoms with Crippen LogP contribution in [0.1, 0.15) is 42.3 Å². The number of ketones is 1. The van der Waals surface area contributed by atoms with Crippen LogP contribution in [0.25, 0.3) is 6.08 Å². The van der Waals surface area contributed by atoms with Crippen LogP contribution in [0, 0.1) is 11.3 Å². The lowest BCUT2D eigenvalue weighted by Gasteiger charge is -2.18. The molecule has 3 heteroatoms. The quantitative estimate of drug-likeness (QED) is 0.588. The SMILES string of the molecule is CC(C)(C)c1ccc(C(=O)/C=C/c2ccccc2OCC#N)cc1. The van der Waals surface area contributed by atoms with Gasteiger partial charge >= 0.3 is 0 Å². The average Bonchev–Trinajstić information content (AvgIpc) is 2.58. The maximum absolute atomic E-state index is 12.3. The number of carbonyl (C=O) groups is 1. The number of allylic oxidation sites excluding steroid dienone is 1. The van der Waals surface area contributed by atoms with Crippen molar-refractivity contribution >= 4 is 11.9 Å².